The average Bonchev–Trinajstić information content (AvgIpc) is 3.42. The molecule has 440 valence electrons. The Morgan fingerprint density at radius 1 is 0.526 bits per heavy atom. The first-order chi connectivity index (χ1) is 37.2. The number of nitrogens with one attached hydrogen (secondary N) is 1. The lowest BCUT2D eigenvalue weighted by atomic mass is 9.99. The van der Waals surface area contributed by atoms with Crippen molar-refractivity contribution in [3.8, 4) is 0 Å². The molecule has 0 aromatic heterocycles. The van der Waals surface area contributed by atoms with E-state index in [0.29, 0.717) is 12.8 Å². The minimum atomic E-state index is -1.62. The molecule has 1 aliphatic heterocycles. The third-order valence-electron chi connectivity index (χ3n) is 14.4. The van der Waals surface area contributed by atoms with Gasteiger partial charge in [0.2, 0.25) is 5.91 Å². The highest BCUT2D eigenvalue weighted by Gasteiger charge is 2.47. The quantitative estimate of drug-likeness (QED) is 0.0195. The molecule has 1 saturated heterocycles. The summed E-state index contributed by atoms with van der Waals surface area (Å²) in [6.07, 6.45) is 56.5. The van der Waals surface area contributed by atoms with Crippen molar-refractivity contribution >= 4 is 11.9 Å². The summed E-state index contributed by atoms with van der Waals surface area (Å²) < 4.78 is 17.6. The number of rotatable bonds is 52. The van der Waals surface area contributed by atoms with Crippen molar-refractivity contribution in [3.63, 3.8) is 0 Å². The number of esters is 1. The molecule has 0 saturated carbocycles. The molecule has 1 rings (SSSR count). The third-order valence-corrected chi connectivity index (χ3v) is 14.4. The first kappa shape index (κ1) is 71.1. The molecule has 1 fully saturated rings. The van der Waals surface area contributed by atoms with Crippen molar-refractivity contribution in [2.45, 2.75) is 314 Å². The predicted octanol–water partition coefficient (Wildman–Crippen LogP) is 14.8. The summed E-state index contributed by atoms with van der Waals surface area (Å²) in [5.41, 5.74) is 0. The van der Waals surface area contributed by atoms with Crippen LogP contribution in [0.3, 0.4) is 0 Å². The molecule has 1 aliphatic rings. The summed E-state index contributed by atoms with van der Waals surface area (Å²) in [4.78, 5) is 26.5. The molecule has 1 heterocycles. The lowest BCUT2D eigenvalue weighted by Gasteiger charge is -2.41. The second-order valence-corrected chi connectivity index (χ2v) is 21.4. The van der Waals surface area contributed by atoms with E-state index in [9.17, 15) is 35.1 Å². The number of hydrogen-bond donors (Lipinski definition) is 6. The molecule has 11 nitrogen and oxygen atoms in total. The maximum atomic E-state index is 13.4. The Kier molecular flexibility index (Phi) is 49.4. The Balaban J connectivity index is 2.71. The molecule has 0 bridgehead atoms. The van der Waals surface area contributed by atoms with Crippen molar-refractivity contribution in [2.75, 3.05) is 13.2 Å². The van der Waals surface area contributed by atoms with Crippen molar-refractivity contribution in [2.24, 2.45) is 0 Å². The Labute approximate surface area is 464 Å². The van der Waals surface area contributed by atoms with Crippen LogP contribution in [-0.4, -0.2) is 99.6 Å². The van der Waals surface area contributed by atoms with E-state index in [2.05, 4.69) is 86.8 Å². The van der Waals surface area contributed by atoms with Gasteiger partial charge in [-0.05, 0) is 70.6 Å². The maximum Gasteiger partial charge on any atom is 0.306 e. The van der Waals surface area contributed by atoms with Gasteiger partial charge in [0.05, 0.1) is 25.4 Å². The molecule has 0 aromatic carbocycles. The topological polar surface area (TPSA) is 175 Å². The average molecular weight is 1070 g/mol. The van der Waals surface area contributed by atoms with Crippen LogP contribution in [0.2, 0.25) is 0 Å². The zero-order valence-corrected chi connectivity index (χ0v) is 48.6. The number of amides is 1. The van der Waals surface area contributed by atoms with Gasteiger partial charge < -0.3 is 45.1 Å². The predicted molar refractivity (Wildman–Crippen MR) is 315 cm³/mol. The van der Waals surface area contributed by atoms with E-state index < -0.39 is 67.4 Å². The lowest BCUT2D eigenvalue weighted by molar-refractivity contribution is -0.305. The standard InChI is InChI=1S/C65H115NO10/c1-4-7-10-13-16-19-22-25-27-28-29-30-31-32-34-37-40-43-46-49-52-58(69)64(73)66-56(57(68)51-48-45-42-39-36-33-24-21-18-15-12-9-6-3)55-74-65-63(62(72)61(71)59(54-67)75-65)76-60(70)53-50-47-44-41-38-35-26-23-20-17-14-11-8-5-2/h7,10,16,19,25,27,29-30,32,34,48,51,56-59,61-63,65,67-69,71-72H,4-6,8-9,11-15,17-18,20-24,26,28,31,33,35-47,49-50,52-55H2,1-3H3,(H,66,73)/b10-7-,19-16-,27-25-,30-29-,34-32-,51-48+. The Morgan fingerprint density at radius 2 is 0.947 bits per heavy atom. The molecule has 8 unspecified atom stereocenters. The van der Waals surface area contributed by atoms with Crippen LogP contribution in [0.5, 0.6) is 0 Å². The smallest absolute Gasteiger partial charge is 0.306 e. The van der Waals surface area contributed by atoms with Gasteiger partial charge in [-0.2, -0.15) is 0 Å². The first-order valence-electron chi connectivity index (χ1n) is 31.2. The molecule has 76 heavy (non-hydrogen) atoms. The van der Waals surface area contributed by atoms with Crippen LogP contribution in [0.1, 0.15) is 265 Å². The number of aliphatic hydroxyl groups is 5. The molecule has 0 spiro atoms. The van der Waals surface area contributed by atoms with Crippen LogP contribution < -0.4 is 5.32 Å². The molecule has 0 aliphatic carbocycles. The SMILES string of the molecule is CC/C=C\C/C=C\C/C=C\C/C=C\C/C=C\CCCCCCC(O)C(=O)NC(COC1OC(CO)C(O)C(O)C1OC(=O)CCCCCCCCCCCCCCCC)C(O)/C=C/CCCCCCCCCCCCC. The second kappa shape index (κ2) is 52.8. The van der Waals surface area contributed by atoms with Crippen molar-refractivity contribution in [3.05, 3.63) is 72.9 Å². The van der Waals surface area contributed by atoms with Crippen LogP contribution in [-0.2, 0) is 23.8 Å². The van der Waals surface area contributed by atoms with E-state index in [0.717, 1.165) is 96.3 Å². The number of carbonyl (C=O) groups excluding carboxylic acids is 2. The Hall–Kier alpha value is -2.90. The molecule has 6 N–H and O–H groups in total. The highest BCUT2D eigenvalue weighted by atomic mass is 16.7. The fourth-order valence-corrected chi connectivity index (χ4v) is 9.44. The van der Waals surface area contributed by atoms with Crippen LogP contribution >= 0.6 is 0 Å². The molecular weight excluding hydrogens is 955 g/mol. The molecular formula is C65H115NO10. The van der Waals surface area contributed by atoms with E-state index in [1.165, 1.54) is 122 Å². The molecule has 0 radical (unpaired) electrons. The summed E-state index contributed by atoms with van der Waals surface area (Å²) >= 11 is 0. The fourth-order valence-electron chi connectivity index (χ4n) is 9.44. The van der Waals surface area contributed by atoms with Crippen LogP contribution in [0, 0.1) is 0 Å². The lowest BCUT2D eigenvalue weighted by Crippen LogP contribution is -2.61. The van der Waals surface area contributed by atoms with Gasteiger partial charge in [-0.1, -0.05) is 261 Å². The minimum absolute atomic E-state index is 0.122. The van der Waals surface area contributed by atoms with Gasteiger partial charge in [0.1, 0.15) is 24.4 Å². The summed E-state index contributed by atoms with van der Waals surface area (Å²) in [6, 6.07) is -1.04. The third kappa shape index (κ3) is 40.3. The van der Waals surface area contributed by atoms with Crippen molar-refractivity contribution < 1.29 is 49.3 Å². The number of ether oxygens (including phenoxy) is 3. The van der Waals surface area contributed by atoms with E-state index in [-0.39, 0.29) is 19.4 Å². The summed E-state index contributed by atoms with van der Waals surface area (Å²) in [7, 11) is 0. The van der Waals surface area contributed by atoms with Gasteiger partial charge in [-0.25, -0.2) is 0 Å². The Bertz CT molecular complexity index is 1510. The number of unbranched alkanes of at least 4 members (excludes halogenated alkanes) is 28. The highest BCUT2D eigenvalue weighted by molar-refractivity contribution is 5.80. The van der Waals surface area contributed by atoms with Gasteiger partial charge in [-0.3, -0.25) is 9.59 Å². The van der Waals surface area contributed by atoms with E-state index in [1.807, 2.05) is 6.08 Å². The van der Waals surface area contributed by atoms with Gasteiger partial charge in [0.15, 0.2) is 12.4 Å². The van der Waals surface area contributed by atoms with Crippen LogP contribution in [0.4, 0.5) is 0 Å². The van der Waals surface area contributed by atoms with E-state index in [4.69, 9.17) is 14.2 Å². The van der Waals surface area contributed by atoms with Crippen molar-refractivity contribution in [1.82, 2.24) is 5.32 Å². The molecule has 1 amide bonds. The van der Waals surface area contributed by atoms with Gasteiger partial charge in [0, 0.05) is 6.42 Å². The van der Waals surface area contributed by atoms with Gasteiger partial charge in [-0.15, -0.1) is 0 Å². The molecule has 8 atom stereocenters. The summed E-state index contributed by atoms with van der Waals surface area (Å²) in [6.45, 7) is 5.67. The molecule has 11 heteroatoms. The number of hydrogen-bond acceptors (Lipinski definition) is 10. The zero-order valence-electron chi connectivity index (χ0n) is 48.6. The van der Waals surface area contributed by atoms with Gasteiger partial charge >= 0.3 is 5.97 Å². The van der Waals surface area contributed by atoms with Gasteiger partial charge in [0.25, 0.3) is 0 Å². The monoisotopic (exact) mass is 1070 g/mol. The second-order valence-electron chi connectivity index (χ2n) is 21.4. The fraction of sp³-hybridized carbons (Fsp3) is 0.785. The maximum absolute atomic E-state index is 13.4. The van der Waals surface area contributed by atoms with E-state index >= 15 is 0 Å². The number of aliphatic hydroxyl groups excluding tert-OH is 5. The highest BCUT2D eigenvalue weighted by Crippen LogP contribution is 2.26. The van der Waals surface area contributed by atoms with Crippen LogP contribution in [0.25, 0.3) is 0 Å². The number of allylic oxidation sites excluding steroid dienone is 11. The van der Waals surface area contributed by atoms with Crippen LogP contribution in [0.15, 0.2) is 72.9 Å². The summed E-state index contributed by atoms with van der Waals surface area (Å²) in [5.74, 6) is -1.21. The minimum Gasteiger partial charge on any atom is -0.454 e. The number of carbonyl (C=O) groups is 2. The largest absolute Gasteiger partial charge is 0.454 e. The zero-order chi connectivity index (χ0) is 55.4. The molecule has 0 aromatic rings. The van der Waals surface area contributed by atoms with E-state index in [1.54, 1.807) is 6.08 Å². The van der Waals surface area contributed by atoms with Crippen molar-refractivity contribution in [1.29, 1.82) is 0 Å². The Morgan fingerprint density at radius 3 is 1.42 bits per heavy atom. The summed E-state index contributed by atoms with van der Waals surface area (Å²) in [5, 5.41) is 57.0. The first-order valence-corrected chi connectivity index (χ1v) is 31.2. The normalized spacial score (nSPS) is 19.6.